The topological polar surface area (TPSA) is 84.2 Å². The number of benzene rings is 1. The molecule has 1 atom stereocenters. The Labute approximate surface area is 135 Å². The maximum atomic E-state index is 12.4. The zero-order valence-corrected chi connectivity index (χ0v) is 13.3. The van der Waals surface area contributed by atoms with Crippen LogP contribution in [0.3, 0.4) is 0 Å². The number of hydrogen-bond acceptors (Lipinski definition) is 3. The molecular weight excluding hydrogens is 294 g/mol. The second-order valence-electron chi connectivity index (χ2n) is 5.40. The zero-order chi connectivity index (χ0) is 16.8. The average molecular weight is 315 g/mol. The van der Waals surface area contributed by atoms with E-state index in [1.807, 2.05) is 37.3 Å². The molecule has 0 bridgehead atoms. The van der Waals surface area contributed by atoms with E-state index in [2.05, 4.69) is 10.4 Å². The van der Waals surface area contributed by atoms with Gasteiger partial charge in [-0.25, -0.2) is 9.48 Å². The van der Waals surface area contributed by atoms with E-state index in [4.69, 9.17) is 0 Å². The number of aromatic nitrogens is 2. The molecule has 6 nitrogen and oxygen atoms in total. The lowest BCUT2D eigenvalue weighted by atomic mass is 10.1. The molecule has 2 aromatic rings. The summed E-state index contributed by atoms with van der Waals surface area (Å²) in [7, 11) is 0. The van der Waals surface area contributed by atoms with E-state index in [-0.39, 0.29) is 0 Å². The summed E-state index contributed by atoms with van der Waals surface area (Å²) in [5, 5.41) is 16.0. The Balaban J connectivity index is 2.17. The normalized spacial score (nSPS) is 11.9. The SMILES string of the molecule is CCCCC(NC(=O)c1cnn(-c2ccccc2)c1C)C(=O)O. The molecule has 2 N–H and O–H groups in total. The van der Waals surface area contributed by atoms with Gasteiger partial charge < -0.3 is 10.4 Å². The van der Waals surface area contributed by atoms with Gasteiger partial charge in [0, 0.05) is 0 Å². The number of nitrogens with zero attached hydrogens (tertiary/aromatic N) is 2. The third kappa shape index (κ3) is 3.97. The Morgan fingerprint density at radius 3 is 2.61 bits per heavy atom. The van der Waals surface area contributed by atoms with Gasteiger partial charge in [0.05, 0.1) is 23.1 Å². The molecule has 23 heavy (non-hydrogen) atoms. The number of carbonyl (C=O) groups excluding carboxylic acids is 1. The van der Waals surface area contributed by atoms with Crippen LogP contribution in [0.4, 0.5) is 0 Å². The van der Waals surface area contributed by atoms with Crippen LogP contribution in [0, 0.1) is 6.92 Å². The Bertz CT molecular complexity index is 680. The van der Waals surface area contributed by atoms with Crippen molar-refractivity contribution in [2.45, 2.75) is 39.2 Å². The Hall–Kier alpha value is -2.63. The Kier molecular flexibility index (Phi) is 5.51. The summed E-state index contributed by atoms with van der Waals surface area (Å²) in [6, 6.07) is 8.59. The molecule has 0 fully saturated rings. The van der Waals surface area contributed by atoms with Crippen LogP contribution in [0.2, 0.25) is 0 Å². The van der Waals surface area contributed by atoms with Crippen LogP contribution in [0.1, 0.15) is 42.2 Å². The minimum Gasteiger partial charge on any atom is -0.480 e. The van der Waals surface area contributed by atoms with Crippen molar-refractivity contribution in [3.63, 3.8) is 0 Å². The van der Waals surface area contributed by atoms with Gasteiger partial charge >= 0.3 is 5.97 Å². The molecule has 122 valence electrons. The number of carbonyl (C=O) groups is 2. The van der Waals surface area contributed by atoms with Crippen LogP contribution in [-0.2, 0) is 4.79 Å². The third-order valence-corrected chi connectivity index (χ3v) is 3.70. The first-order valence-corrected chi connectivity index (χ1v) is 7.68. The number of carboxylic acid groups (broad SMARTS) is 1. The van der Waals surface area contributed by atoms with E-state index in [0.29, 0.717) is 17.7 Å². The first kappa shape index (κ1) is 16.7. The highest BCUT2D eigenvalue weighted by molar-refractivity contribution is 5.97. The molecule has 1 unspecified atom stereocenters. The van der Waals surface area contributed by atoms with E-state index in [9.17, 15) is 14.7 Å². The maximum absolute atomic E-state index is 12.4. The van der Waals surface area contributed by atoms with Crippen LogP contribution in [0.25, 0.3) is 5.69 Å². The molecule has 0 saturated carbocycles. The number of aliphatic carboxylic acids is 1. The lowest BCUT2D eigenvalue weighted by Gasteiger charge is -2.14. The average Bonchev–Trinajstić information content (AvgIpc) is 2.93. The molecule has 2 rings (SSSR count). The molecule has 1 aromatic heterocycles. The number of nitrogens with one attached hydrogen (secondary N) is 1. The van der Waals surface area contributed by atoms with Crippen LogP contribution in [-0.4, -0.2) is 32.8 Å². The van der Waals surface area contributed by atoms with Gasteiger partial charge in [-0.05, 0) is 25.5 Å². The first-order chi connectivity index (χ1) is 11.0. The molecule has 6 heteroatoms. The number of carboxylic acids is 1. The van der Waals surface area contributed by atoms with Crippen LogP contribution in [0.5, 0.6) is 0 Å². The summed E-state index contributed by atoms with van der Waals surface area (Å²) >= 11 is 0. The van der Waals surface area contributed by atoms with Gasteiger partial charge in [0.2, 0.25) is 0 Å². The summed E-state index contributed by atoms with van der Waals surface area (Å²) in [4.78, 5) is 23.6. The Morgan fingerprint density at radius 1 is 1.30 bits per heavy atom. The molecule has 0 saturated heterocycles. The molecular formula is C17H21N3O3. The van der Waals surface area contributed by atoms with Gasteiger partial charge in [0.15, 0.2) is 0 Å². The van der Waals surface area contributed by atoms with Crippen molar-refractivity contribution in [3.05, 3.63) is 47.8 Å². The number of hydrogen-bond donors (Lipinski definition) is 2. The quantitative estimate of drug-likeness (QED) is 0.822. The molecule has 0 spiro atoms. The van der Waals surface area contributed by atoms with E-state index in [1.54, 1.807) is 11.6 Å². The lowest BCUT2D eigenvalue weighted by molar-refractivity contribution is -0.139. The largest absolute Gasteiger partial charge is 0.480 e. The third-order valence-electron chi connectivity index (χ3n) is 3.70. The monoisotopic (exact) mass is 315 g/mol. The number of unbranched alkanes of at least 4 members (excludes halogenated alkanes) is 1. The van der Waals surface area contributed by atoms with Gasteiger partial charge in [-0.2, -0.15) is 5.10 Å². The van der Waals surface area contributed by atoms with Crippen molar-refractivity contribution in [2.24, 2.45) is 0 Å². The smallest absolute Gasteiger partial charge is 0.326 e. The molecule has 0 aliphatic carbocycles. The maximum Gasteiger partial charge on any atom is 0.326 e. The molecule has 0 aliphatic rings. The lowest BCUT2D eigenvalue weighted by Crippen LogP contribution is -2.40. The van der Waals surface area contributed by atoms with E-state index >= 15 is 0 Å². The number of rotatable bonds is 7. The summed E-state index contributed by atoms with van der Waals surface area (Å²) in [5.41, 5.74) is 1.91. The second-order valence-corrected chi connectivity index (χ2v) is 5.40. The fourth-order valence-corrected chi connectivity index (χ4v) is 2.36. The van der Waals surface area contributed by atoms with Crippen molar-refractivity contribution in [1.82, 2.24) is 15.1 Å². The predicted molar refractivity (Wildman–Crippen MR) is 86.7 cm³/mol. The van der Waals surface area contributed by atoms with Crippen LogP contribution >= 0.6 is 0 Å². The highest BCUT2D eigenvalue weighted by atomic mass is 16.4. The highest BCUT2D eigenvalue weighted by Crippen LogP contribution is 2.14. The summed E-state index contributed by atoms with van der Waals surface area (Å²) < 4.78 is 1.66. The van der Waals surface area contributed by atoms with Gasteiger partial charge in [0.1, 0.15) is 6.04 Å². The van der Waals surface area contributed by atoms with E-state index < -0.39 is 17.9 Å². The molecule has 1 amide bonds. The van der Waals surface area contributed by atoms with Crippen LogP contribution in [0.15, 0.2) is 36.5 Å². The number of amides is 1. The van der Waals surface area contributed by atoms with Crippen molar-refractivity contribution < 1.29 is 14.7 Å². The predicted octanol–water partition coefficient (Wildman–Crippen LogP) is 2.55. The fourth-order valence-electron chi connectivity index (χ4n) is 2.36. The minimum absolute atomic E-state index is 0.386. The molecule has 0 aliphatic heterocycles. The summed E-state index contributed by atoms with van der Waals surface area (Å²) in [5.74, 6) is -1.42. The molecule has 1 heterocycles. The first-order valence-electron chi connectivity index (χ1n) is 7.68. The van der Waals surface area contributed by atoms with E-state index in [0.717, 1.165) is 18.5 Å². The summed E-state index contributed by atoms with van der Waals surface area (Å²) in [6.07, 6.45) is 3.52. The second kappa shape index (κ2) is 7.58. The van der Waals surface area contributed by atoms with Gasteiger partial charge in [-0.1, -0.05) is 38.0 Å². The van der Waals surface area contributed by atoms with Crippen molar-refractivity contribution >= 4 is 11.9 Å². The zero-order valence-electron chi connectivity index (χ0n) is 13.3. The van der Waals surface area contributed by atoms with Crippen LogP contribution < -0.4 is 5.32 Å². The highest BCUT2D eigenvalue weighted by Gasteiger charge is 2.22. The van der Waals surface area contributed by atoms with E-state index in [1.165, 1.54) is 6.20 Å². The molecule has 0 radical (unpaired) electrons. The fraction of sp³-hybridized carbons (Fsp3) is 0.353. The van der Waals surface area contributed by atoms with Crippen molar-refractivity contribution in [1.29, 1.82) is 0 Å². The van der Waals surface area contributed by atoms with Crippen molar-refractivity contribution in [2.75, 3.05) is 0 Å². The van der Waals surface area contributed by atoms with Gasteiger partial charge in [-0.15, -0.1) is 0 Å². The minimum atomic E-state index is -1.01. The number of para-hydroxylation sites is 1. The molecule has 1 aromatic carbocycles. The van der Waals surface area contributed by atoms with Gasteiger partial charge in [0.25, 0.3) is 5.91 Å². The van der Waals surface area contributed by atoms with Crippen molar-refractivity contribution in [3.8, 4) is 5.69 Å². The Morgan fingerprint density at radius 2 is 2.00 bits per heavy atom. The summed E-state index contributed by atoms with van der Waals surface area (Å²) in [6.45, 7) is 3.77. The standard InChI is InChI=1S/C17H21N3O3/c1-3-4-10-15(17(22)23)19-16(21)14-11-18-20(12(14)2)13-8-6-5-7-9-13/h5-9,11,15H,3-4,10H2,1-2H3,(H,19,21)(H,22,23). The van der Waals surface area contributed by atoms with Gasteiger partial charge in [-0.3, -0.25) is 4.79 Å².